The van der Waals surface area contributed by atoms with Crippen molar-refractivity contribution in [3.05, 3.63) is 76.4 Å². The van der Waals surface area contributed by atoms with Gasteiger partial charge in [-0.2, -0.15) is 0 Å². The van der Waals surface area contributed by atoms with Crippen molar-refractivity contribution in [1.29, 1.82) is 0 Å². The summed E-state index contributed by atoms with van der Waals surface area (Å²) in [7, 11) is 0. The van der Waals surface area contributed by atoms with Gasteiger partial charge in [0.15, 0.2) is 5.76 Å². The maximum absolute atomic E-state index is 12.4. The highest BCUT2D eigenvalue weighted by molar-refractivity contribution is 9.10. The maximum Gasteiger partial charge on any atom is 0.291 e. The van der Waals surface area contributed by atoms with Crippen LogP contribution in [-0.4, -0.2) is 16.4 Å². The van der Waals surface area contributed by atoms with E-state index in [1.165, 1.54) is 6.26 Å². The van der Waals surface area contributed by atoms with Crippen LogP contribution in [0.1, 0.15) is 33.5 Å². The molecule has 0 radical (unpaired) electrons. The molecule has 134 valence electrons. The Hall–Kier alpha value is -2.80. The molecule has 3 rings (SSSR count). The quantitative estimate of drug-likeness (QED) is 0.637. The number of nitrogens with one attached hydrogen (secondary N) is 2. The number of benzene rings is 1. The molecule has 0 saturated carbocycles. The Morgan fingerprint density at radius 1 is 1.15 bits per heavy atom. The zero-order chi connectivity index (χ0) is 18.5. The first-order valence-electron chi connectivity index (χ1n) is 8.14. The fourth-order valence-electron chi connectivity index (χ4n) is 2.56. The van der Waals surface area contributed by atoms with Crippen LogP contribution in [0.15, 0.2) is 63.8 Å². The molecular formula is C19H18BrN3O3. The lowest BCUT2D eigenvalue weighted by Gasteiger charge is -2.09. The molecule has 7 heteroatoms. The predicted molar refractivity (Wildman–Crippen MR) is 102 cm³/mol. The number of carbonyl (C=O) groups excluding carboxylic acids is 2. The number of amides is 2. The highest BCUT2D eigenvalue weighted by Crippen LogP contribution is 2.16. The van der Waals surface area contributed by atoms with Gasteiger partial charge in [0.25, 0.3) is 11.8 Å². The van der Waals surface area contributed by atoms with Gasteiger partial charge in [-0.3, -0.25) is 9.59 Å². The van der Waals surface area contributed by atoms with Crippen LogP contribution >= 0.6 is 15.9 Å². The van der Waals surface area contributed by atoms with Gasteiger partial charge in [0, 0.05) is 29.4 Å². The van der Waals surface area contributed by atoms with Crippen molar-refractivity contribution < 1.29 is 14.0 Å². The van der Waals surface area contributed by atoms with Crippen LogP contribution in [0.3, 0.4) is 0 Å². The molecule has 1 aromatic carbocycles. The Labute approximate surface area is 159 Å². The first kappa shape index (κ1) is 18.0. The minimum absolute atomic E-state index is 0.150. The number of hydrogen-bond acceptors (Lipinski definition) is 3. The fourth-order valence-corrected chi connectivity index (χ4v) is 3.02. The summed E-state index contributed by atoms with van der Waals surface area (Å²) in [4.78, 5) is 24.4. The van der Waals surface area contributed by atoms with Gasteiger partial charge in [-0.05, 0) is 58.7 Å². The standard InChI is InChI=1S/C19H18BrN3O3/c1-2-23-12-14(20)10-16(23)18(24)21-11-13-5-3-6-15(9-13)22-19(25)17-7-4-8-26-17/h3-10,12H,2,11H2,1H3,(H,21,24)(H,22,25). The van der Waals surface area contributed by atoms with E-state index in [0.29, 0.717) is 24.5 Å². The number of furan rings is 1. The van der Waals surface area contributed by atoms with Crippen LogP contribution < -0.4 is 10.6 Å². The number of halogens is 1. The summed E-state index contributed by atoms with van der Waals surface area (Å²) < 4.78 is 7.82. The monoisotopic (exact) mass is 415 g/mol. The van der Waals surface area contributed by atoms with Crippen molar-refractivity contribution in [2.75, 3.05) is 5.32 Å². The van der Waals surface area contributed by atoms with Crippen molar-refractivity contribution in [3.63, 3.8) is 0 Å². The van der Waals surface area contributed by atoms with Crippen LogP contribution in [0, 0.1) is 0 Å². The van der Waals surface area contributed by atoms with Crippen molar-refractivity contribution in [1.82, 2.24) is 9.88 Å². The molecule has 0 aliphatic rings. The third-order valence-electron chi connectivity index (χ3n) is 3.82. The Morgan fingerprint density at radius 3 is 2.73 bits per heavy atom. The van der Waals surface area contributed by atoms with Gasteiger partial charge in [-0.1, -0.05) is 12.1 Å². The largest absolute Gasteiger partial charge is 0.459 e. The predicted octanol–water partition coefficient (Wildman–Crippen LogP) is 4.05. The minimum Gasteiger partial charge on any atom is -0.459 e. The Morgan fingerprint density at radius 2 is 2.00 bits per heavy atom. The Bertz CT molecular complexity index is 916. The van der Waals surface area contributed by atoms with Gasteiger partial charge in [0.2, 0.25) is 0 Å². The van der Waals surface area contributed by atoms with Crippen LogP contribution in [-0.2, 0) is 13.1 Å². The average Bonchev–Trinajstić information content (AvgIpc) is 3.29. The van der Waals surface area contributed by atoms with Gasteiger partial charge in [-0.25, -0.2) is 0 Å². The van der Waals surface area contributed by atoms with Crippen molar-refractivity contribution in [2.45, 2.75) is 20.0 Å². The van der Waals surface area contributed by atoms with E-state index in [0.717, 1.165) is 10.0 Å². The van der Waals surface area contributed by atoms with Gasteiger partial charge in [0.1, 0.15) is 5.69 Å². The first-order chi connectivity index (χ1) is 12.6. The molecule has 2 aromatic heterocycles. The maximum atomic E-state index is 12.4. The van der Waals surface area contributed by atoms with Gasteiger partial charge in [0.05, 0.1) is 6.26 Å². The number of nitrogens with zero attached hydrogens (tertiary/aromatic N) is 1. The molecule has 0 fully saturated rings. The second-order valence-corrected chi connectivity index (χ2v) is 6.56. The highest BCUT2D eigenvalue weighted by atomic mass is 79.9. The fraction of sp³-hybridized carbons (Fsp3) is 0.158. The number of hydrogen-bond donors (Lipinski definition) is 2. The molecule has 0 atom stereocenters. The van der Waals surface area contributed by atoms with Crippen molar-refractivity contribution >= 4 is 33.4 Å². The number of aryl methyl sites for hydroxylation is 1. The van der Waals surface area contributed by atoms with Crippen LogP contribution in [0.5, 0.6) is 0 Å². The van der Waals surface area contributed by atoms with Crippen LogP contribution in [0.4, 0.5) is 5.69 Å². The van der Waals surface area contributed by atoms with Crippen molar-refractivity contribution in [2.24, 2.45) is 0 Å². The van der Waals surface area contributed by atoms with E-state index in [1.54, 1.807) is 24.3 Å². The number of aromatic nitrogens is 1. The van der Waals surface area contributed by atoms with E-state index >= 15 is 0 Å². The molecule has 0 aliphatic carbocycles. The normalized spacial score (nSPS) is 10.5. The lowest BCUT2D eigenvalue weighted by Crippen LogP contribution is -2.25. The molecule has 0 aliphatic heterocycles. The lowest BCUT2D eigenvalue weighted by molar-refractivity contribution is 0.0940. The summed E-state index contributed by atoms with van der Waals surface area (Å²) >= 11 is 3.39. The minimum atomic E-state index is -0.318. The Balaban J connectivity index is 1.63. The van der Waals surface area contributed by atoms with Crippen LogP contribution in [0.25, 0.3) is 0 Å². The number of carbonyl (C=O) groups is 2. The smallest absolute Gasteiger partial charge is 0.291 e. The zero-order valence-corrected chi connectivity index (χ0v) is 15.7. The summed E-state index contributed by atoms with van der Waals surface area (Å²) in [6.45, 7) is 3.05. The SMILES string of the molecule is CCn1cc(Br)cc1C(=O)NCc1cccc(NC(=O)c2ccco2)c1. The zero-order valence-electron chi connectivity index (χ0n) is 14.2. The third kappa shape index (κ3) is 4.23. The molecule has 2 heterocycles. The number of anilines is 1. The summed E-state index contributed by atoms with van der Waals surface area (Å²) in [5, 5.41) is 5.67. The second kappa shape index (κ2) is 8.05. The van der Waals surface area contributed by atoms with E-state index in [-0.39, 0.29) is 17.6 Å². The lowest BCUT2D eigenvalue weighted by atomic mass is 10.2. The van der Waals surface area contributed by atoms with Crippen LogP contribution in [0.2, 0.25) is 0 Å². The summed E-state index contributed by atoms with van der Waals surface area (Å²) in [6, 6.07) is 12.4. The summed E-state index contributed by atoms with van der Waals surface area (Å²) in [5.74, 6) is -0.223. The van der Waals surface area contributed by atoms with Gasteiger partial charge in [-0.15, -0.1) is 0 Å². The summed E-state index contributed by atoms with van der Waals surface area (Å²) in [6.07, 6.45) is 3.32. The molecule has 2 amide bonds. The van der Waals surface area contributed by atoms with Gasteiger partial charge >= 0.3 is 0 Å². The topological polar surface area (TPSA) is 76.3 Å². The molecule has 2 N–H and O–H groups in total. The third-order valence-corrected chi connectivity index (χ3v) is 4.25. The Kier molecular flexibility index (Phi) is 5.58. The van der Waals surface area contributed by atoms with E-state index in [1.807, 2.05) is 35.9 Å². The molecule has 6 nitrogen and oxygen atoms in total. The molecule has 0 saturated heterocycles. The van der Waals surface area contributed by atoms with E-state index in [2.05, 4.69) is 26.6 Å². The van der Waals surface area contributed by atoms with Crippen molar-refractivity contribution in [3.8, 4) is 0 Å². The van der Waals surface area contributed by atoms with E-state index < -0.39 is 0 Å². The second-order valence-electron chi connectivity index (χ2n) is 5.64. The van der Waals surface area contributed by atoms with Gasteiger partial charge < -0.3 is 19.6 Å². The average molecular weight is 416 g/mol. The molecule has 0 unspecified atom stereocenters. The molecular weight excluding hydrogens is 398 g/mol. The first-order valence-corrected chi connectivity index (χ1v) is 8.94. The molecule has 3 aromatic rings. The van der Waals surface area contributed by atoms with E-state index in [4.69, 9.17) is 4.42 Å². The molecule has 26 heavy (non-hydrogen) atoms. The molecule has 0 spiro atoms. The molecule has 0 bridgehead atoms. The number of rotatable bonds is 6. The highest BCUT2D eigenvalue weighted by Gasteiger charge is 2.12. The van der Waals surface area contributed by atoms with E-state index in [9.17, 15) is 9.59 Å². The summed E-state index contributed by atoms with van der Waals surface area (Å²) in [5.41, 5.74) is 2.11.